The molecule has 0 spiro atoms. The first-order valence-corrected chi connectivity index (χ1v) is 7.80. The molecule has 0 aliphatic carbocycles. The summed E-state index contributed by atoms with van der Waals surface area (Å²) in [6, 6.07) is 1.10. The molecule has 1 amide bonds. The van der Waals surface area contributed by atoms with Crippen LogP contribution < -0.4 is 0 Å². The van der Waals surface area contributed by atoms with Crippen molar-refractivity contribution >= 4 is 5.91 Å². The van der Waals surface area contributed by atoms with Crippen LogP contribution in [0.4, 0.5) is 0 Å². The molecule has 6 heteroatoms. The van der Waals surface area contributed by atoms with Gasteiger partial charge >= 0.3 is 0 Å². The number of likely N-dealkylation sites (N-methyl/N-ethyl adjacent to an activating group) is 1. The van der Waals surface area contributed by atoms with Crippen LogP contribution in [0, 0.1) is 0 Å². The van der Waals surface area contributed by atoms with E-state index in [0.29, 0.717) is 17.9 Å². The Kier molecular flexibility index (Phi) is 4.26. The lowest BCUT2D eigenvalue weighted by Crippen LogP contribution is -2.63. The second-order valence-electron chi connectivity index (χ2n) is 5.90. The predicted molar refractivity (Wildman–Crippen MR) is 79.1 cm³/mol. The van der Waals surface area contributed by atoms with Crippen LogP contribution in [-0.4, -0.2) is 70.2 Å². The molecule has 0 bridgehead atoms. The number of aromatic nitrogens is 2. The molecule has 0 N–H and O–H groups in total. The Labute approximate surface area is 125 Å². The molecule has 2 aliphatic rings. The second-order valence-corrected chi connectivity index (χ2v) is 5.90. The van der Waals surface area contributed by atoms with Gasteiger partial charge in [-0.25, -0.2) is 4.98 Å². The molecule has 3 heterocycles. The summed E-state index contributed by atoms with van der Waals surface area (Å²) in [5.41, 5.74) is 0. The van der Waals surface area contributed by atoms with Crippen molar-refractivity contribution in [1.29, 1.82) is 0 Å². The average Bonchev–Trinajstić information content (AvgIpc) is 2.89. The van der Waals surface area contributed by atoms with Gasteiger partial charge in [-0.1, -0.05) is 6.92 Å². The molecule has 2 saturated heterocycles. The molecule has 1 aromatic rings. The maximum absolute atomic E-state index is 12.3. The van der Waals surface area contributed by atoms with Crippen molar-refractivity contribution in [1.82, 2.24) is 19.4 Å². The van der Waals surface area contributed by atoms with Gasteiger partial charge in [0.05, 0.1) is 0 Å². The molecule has 6 nitrogen and oxygen atoms in total. The Hall–Kier alpha value is -1.40. The minimum atomic E-state index is 0.0433. The van der Waals surface area contributed by atoms with E-state index in [2.05, 4.69) is 16.8 Å². The third-order valence-electron chi connectivity index (χ3n) is 4.66. The quantitative estimate of drug-likeness (QED) is 0.821. The molecular formula is C15H24N4O2. The first-order chi connectivity index (χ1) is 10.2. The number of carbonyl (C=O) groups is 1. The predicted octanol–water partition coefficient (Wildman–Crippen LogP) is 0.745. The van der Waals surface area contributed by atoms with Gasteiger partial charge in [-0.15, -0.1) is 0 Å². The number of nitrogens with zero attached hydrogens (tertiary/aromatic N) is 4. The zero-order chi connectivity index (χ0) is 14.8. The normalized spacial score (nSPS) is 20.8. The Morgan fingerprint density at radius 1 is 1.38 bits per heavy atom. The van der Waals surface area contributed by atoms with Gasteiger partial charge in [0.25, 0.3) is 5.91 Å². The van der Waals surface area contributed by atoms with Gasteiger partial charge in [0.1, 0.15) is 0 Å². The second kappa shape index (κ2) is 6.15. The first-order valence-electron chi connectivity index (χ1n) is 7.80. The van der Waals surface area contributed by atoms with E-state index in [1.807, 2.05) is 18.1 Å². The SMILES string of the molecule is CCN(C1CCOCC1)C1CN(C(=O)c2nccn2C)C1. The molecule has 116 valence electrons. The molecule has 0 unspecified atom stereocenters. The molecule has 0 aromatic carbocycles. The molecule has 21 heavy (non-hydrogen) atoms. The van der Waals surface area contributed by atoms with Crippen LogP contribution in [0.1, 0.15) is 30.4 Å². The fourth-order valence-corrected chi connectivity index (χ4v) is 3.38. The summed E-state index contributed by atoms with van der Waals surface area (Å²) in [6.45, 7) is 6.61. The van der Waals surface area contributed by atoms with Crippen molar-refractivity contribution in [2.45, 2.75) is 31.8 Å². The third kappa shape index (κ3) is 2.82. The van der Waals surface area contributed by atoms with Gasteiger partial charge in [-0.2, -0.15) is 0 Å². The van der Waals surface area contributed by atoms with Gasteiger partial charge in [-0.3, -0.25) is 9.69 Å². The molecule has 0 atom stereocenters. The number of hydrogen-bond acceptors (Lipinski definition) is 4. The number of imidazole rings is 1. The molecule has 1 aromatic heterocycles. The zero-order valence-corrected chi connectivity index (χ0v) is 12.9. The highest BCUT2D eigenvalue weighted by atomic mass is 16.5. The molecule has 0 radical (unpaired) electrons. The van der Waals surface area contributed by atoms with Crippen molar-refractivity contribution in [3.8, 4) is 0 Å². The maximum atomic E-state index is 12.3. The number of ether oxygens (including phenoxy) is 1. The van der Waals surface area contributed by atoms with Gasteiger partial charge in [0, 0.05) is 57.8 Å². The van der Waals surface area contributed by atoms with E-state index in [0.717, 1.165) is 45.7 Å². The minimum absolute atomic E-state index is 0.0433. The van der Waals surface area contributed by atoms with E-state index < -0.39 is 0 Å². The van der Waals surface area contributed by atoms with Crippen LogP contribution in [0.5, 0.6) is 0 Å². The van der Waals surface area contributed by atoms with E-state index in [4.69, 9.17) is 4.74 Å². The number of carbonyl (C=O) groups excluding carboxylic acids is 1. The Balaban J connectivity index is 1.56. The van der Waals surface area contributed by atoms with Crippen molar-refractivity contribution < 1.29 is 9.53 Å². The summed E-state index contributed by atoms with van der Waals surface area (Å²) >= 11 is 0. The summed E-state index contributed by atoms with van der Waals surface area (Å²) in [5.74, 6) is 0.573. The summed E-state index contributed by atoms with van der Waals surface area (Å²) in [7, 11) is 1.86. The summed E-state index contributed by atoms with van der Waals surface area (Å²) in [4.78, 5) is 20.9. The summed E-state index contributed by atoms with van der Waals surface area (Å²) in [6.07, 6.45) is 5.70. The first kappa shape index (κ1) is 14.5. The standard InChI is InChI=1S/C15H24N4O2/c1-3-19(12-4-8-21-9-5-12)13-10-18(11-13)15(20)14-16-6-7-17(14)2/h6-7,12-13H,3-5,8-11H2,1-2H3. The highest BCUT2D eigenvalue weighted by molar-refractivity contribution is 5.91. The van der Waals surface area contributed by atoms with Crippen molar-refractivity contribution in [3.05, 3.63) is 18.2 Å². The lowest BCUT2D eigenvalue weighted by molar-refractivity contribution is -0.0226. The van der Waals surface area contributed by atoms with Gasteiger partial charge < -0.3 is 14.2 Å². The monoisotopic (exact) mass is 292 g/mol. The van der Waals surface area contributed by atoms with E-state index in [1.54, 1.807) is 10.8 Å². The van der Waals surface area contributed by atoms with Crippen LogP contribution in [-0.2, 0) is 11.8 Å². The van der Waals surface area contributed by atoms with Crippen LogP contribution >= 0.6 is 0 Å². The smallest absolute Gasteiger partial charge is 0.289 e. The van der Waals surface area contributed by atoms with Crippen LogP contribution in [0.25, 0.3) is 0 Å². The van der Waals surface area contributed by atoms with Crippen LogP contribution in [0.3, 0.4) is 0 Å². The topological polar surface area (TPSA) is 50.6 Å². The Bertz CT molecular complexity index is 490. The third-order valence-corrected chi connectivity index (χ3v) is 4.66. The zero-order valence-electron chi connectivity index (χ0n) is 12.9. The number of amides is 1. The minimum Gasteiger partial charge on any atom is -0.381 e. The molecule has 2 fully saturated rings. The fraction of sp³-hybridized carbons (Fsp3) is 0.733. The largest absolute Gasteiger partial charge is 0.381 e. The average molecular weight is 292 g/mol. The van der Waals surface area contributed by atoms with Crippen molar-refractivity contribution in [3.63, 3.8) is 0 Å². The number of likely N-dealkylation sites (tertiary alicyclic amines) is 1. The molecule has 2 aliphatic heterocycles. The van der Waals surface area contributed by atoms with Crippen molar-refractivity contribution in [2.24, 2.45) is 7.05 Å². The van der Waals surface area contributed by atoms with Gasteiger partial charge in [0.2, 0.25) is 0 Å². The molecular weight excluding hydrogens is 268 g/mol. The summed E-state index contributed by atoms with van der Waals surface area (Å²) < 4.78 is 7.23. The maximum Gasteiger partial charge on any atom is 0.289 e. The highest BCUT2D eigenvalue weighted by Gasteiger charge is 2.38. The Morgan fingerprint density at radius 2 is 2.10 bits per heavy atom. The number of aryl methyl sites for hydroxylation is 1. The Morgan fingerprint density at radius 3 is 2.67 bits per heavy atom. The number of rotatable bonds is 4. The van der Waals surface area contributed by atoms with Crippen molar-refractivity contribution in [2.75, 3.05) is 32.8 Å². The lowest BCUT2D eigenvalue weighted by atomic mass is 10.00. The fourth-order valence-electron chi connectivity index (χ4n) is 3.38. The van der Waals surface area contributed by atoms with E-state index in [9.17, 15) is 4.79 Å². The molecule has 0 saturated carbocycles. The molecule has 3 rings (SSSR count). The van der Waals surface area contributed by atoms with Gasteiger partial charge in [0.15, 0.2) is 5.82 Å². The lowest BCUT2D eigenvalue weighted by Gasteiger charge is -2.48. The van der Waals surface area contributed by atoms with E-state index in [-0.39, 0.29) is 5.91 Å². The summed E-state index contributed by atoms with van der Waals surface area (Å²) in [5, 5.41) is 0. The van der Waals surface area contributed by atoms with Crippen LogP contribution in [0.15, 0.2) is 12.4 Å². The highest BCUT2D eigenvalue weighted by Crippen LogP contribution is 2.23. The van der Waals surface area contributed by atoms with Crippen LogP contribution in [0.2, 0.25) is 0 Å². The van der Waals surface area contributed by atoms with E-state index >= 15 is 0 Å². The number of hydrogen-bond donors (Lipinski definition) is 0. The van der Waals surface area contributed by atoms with Gasteiger partial charge in [-0.05, 0) is 19.4 Å². The van der Waals surface area contributed by atoms with E-state index in [1.165, 1.54) is 0 Å².